The van der Waals surface area contributed by atoms with Gasteiger partial charge in [0.15, 0.2) is 0 Å². The summed E-state index contributed by atoms with van der Waals surface area (Å²) in [6, 6.07) is 2.11. The van der Waals surface area contributed by atoms with E-state index in [0.29, 0.717) is 0 Å². The first-order chi connectivity index (χ1) is 7.42. The van der Waals surface area contributed by atoms with Crippen LogP contribution in [0.15, 0.2) is 12.3 Å². The number of hydrogen-bond acceptors (Lipinski definition) is 3. The Balaban J connectivity index is 2.89. The van der Waals surface area contributed by atoms with E-state index < -0.39 is 0 Å². The SMILES string of the molecule is CCNCc1cnc(C)cc1NC(C)(C)C. The van der Waals surface area contributed by atoms with Crippen molar-refractivity contribution in [1.29, 1.82) is 0 Å². The predicted molar refractivity (Wildman–Crippen MR) is 69.7 cm³/mol. The molecule has 0 aliphatic carbocycles. The number of nitrogens with one attached hydrogen (secondary N) is 2. The van der Waals surface area contributed by atoms with Crippen molar-refractivity contribution < 1.29 is 0 Å². The lowest BCUT2D eigenvalue weighted by molar-refractivity contribution is 0.630. The van der Waals surface area contributed by atoms with E-state index >= 15 is 0 Å². The van der Waals surface area contributed by atoms with Crippen molar-refractivity contribution in [2.24, 2.45) is 0 Å². The molecule has 0 radical (unpaired) electrons. The van der Waals surface area contributed by atoms with E-state index in [1.807, 2.05) is 13.1 Å². The van der Waals surface area contributed by atoms with Gasteiger partial charge in [0.05, 0.1) is 0 Å². The lowest BCUT2D eigenvalue weighted by atomic mass is 10.1. The normalized spacial score (nSPS) is 11.6. The van der Waals surface area contributed by atoms with Crippen molar-refractivity contribution in [3.8, 4) is 0 Å². The Hall–Kier alpha value is -1.09. The standard InChI is InChI=1S/C13H23N3/c1-6-14-8-11-9-15-10(2)7-12(11)16-13(3,4)5/h7,9,14H,6,8H2,1-5H3,(H,15,16). The fourth-order valence-electron chi connectivity index (χ4n) is 1.51. The smallest absolute Gasteiger partial charge is 0.0423 e. The number of aryl methyl sites for hydroxylation is 1. The van der Waals surface area contributed by atoms with E-state index in [0.717, 1.165) is 18.8 Å². The lowest BCUT2D eigenvalue weighted by Gasteiger charge is -2.24. The Labute approximate surface area is 98.7 Å². The van der Waals surface area contributed by atoms with E-state index in [1.54, 1.807) is 0 Å². The Kier molecular flexibility index (Phi) is 4.30. The molecule has 0 spiro atoms. The van der Waals surface area contributed by atoms with Crippen LogP contribution in [0.3, 0.4) is 0 Å². The first-order valence-corrected chi connectivity index (χ1v) is 5.87. The molecule has 0 aliphatic rings. The lowest BCUT2D eigenvalue weighted by Crippen LogP contribution is -2.27. The maximum Gasteiger partial charge on any atom is 0.0423 e. The van der Waals surface area contributed by atoms with Crippen molar-refractivity contribution in [1.82, 2.24) is 10.3 Å². The summed E-state index contributed by atoms with van der Waals surface area (Å²) in [7, 11) is 0. The van der Waals surface area contributed by atoms with Gasteiger partial charge < -0.3 is 10.6 Å². The molecule has 1 aromatic rings. The topological polar surface area (TPSA) is 37.0 Å². The Bertz CT molecular complexity index is 340. The van der Waals surface area contributed by atoms with Crippen LogP contribution in [0.25, 0.3) is 0 Å². The highest BCUT2D eigenvalue weighted by Crippen LogP contribution is 2.20. The van der Waals surface area contributed by atoms with Gasteiger partial charge in [0.2, 0.25) is 0 Å². The summed E-state index contributed by atoms with van der Waals surface area (Å²) in [5, 5.41) is 6.85. The number of nitrogens with zero attached hydrogens (tertiary/aromatic N) is 1. The fraction of sp³-hybridized carbons (Fsp3) is 0.615. The first-order valence-electron chi connectivity index (χ1n) is 5.87. The van der Waals surface area contributed by atoms with Crippen molar-refractivity contribution in [3.63, 3.8) is 0 Å². The zero-order chi connectivity index (χ0) is 12.2. The third-order valence-electron chi connectivity index (χ3n) is 2.20. The minimum Gasteiger partial charge on any atom is -0.380 e. The molecule has 0 atom stereocenters. The molecule has 1 heterocycles. The maximum atomic E-state index is 4.34. The number of anilines is 1. The van der Waals surface area contributed by atoms with Gasteiger partial charge in [0, 0.05) is 35.2 Å². The van der Waals surface area contributed by atoms with Gasteiger partial charge in [-0.25, -0.2) is 0 Å². The number of hydrogen-bond donors (Lipinski definition) is 2. The molecule has 0 saturated carbocycles. The molecule has 0 fully saturated rings. The van der Waals surface area contributed by atoms with Gasteiger partial charge in [-0.15, -0.1) is 0 Å². The van der Waals surface area contributed by atoms with Crippen LogP contribution in [0.5, 0.6) is 0 Å². The van der Waals surface area contributed by atoms with Gasteiger partial charge in [-0.1, -0.05) is 6.92 Å². The summed E-state index contributed by atoms with van der Waals surface area (Å²) in [4.78, 5) is 4.34. The van der Waals surface area contributed by atoms with E-state index in [4.69, 9.17) is 0 Å². The van der Waals surface area contributed by atoms with Gasteiger partial charge in [0.25, 0.3) is 0 Å². The highest BCUT2D eigenvalue weighted by atomic mass is 15.0. The van der Waals surface area contributed by atoms with Crippen LogP contribution in [-0.2, 0) is 6.54 Å². The Morgan fingerprint density at radius 1 is 1.31 bits per heavy atom. The molecule has 1 rings (SSSR count). The van der Waals surface area contributed by atoms with Crippen LogP contribution in [0.2, 0.25) is 0 Å². The average molecular weight is 221 g/mol. The first kappa shape index (κ1) is 13.0. The minimum atomic E-state index is 0.0781. The van der Waals surface area contributed by atoms with Crippen molar-refractivity contribution >= 4 is 5.69 Å². The van der Waals surface area contributed by atoms with Crippen LogP contribution >= 0.6 is 0 Å². The Morgan fingerprint density at radius 3 is 2.56 bits per heavy atom. The summed E-state index contributed by atoms with van der Waals surface area (Å²) in [5.74, 6) is 0. The molecular formula is C13H23N3. The molecule has 0 amide bonds. The minimum absolute atomic E-state index is 0.0781. The maximum absolute atomic E-state index is 4.34. The van der Waals surface area contributed by atoms with Crippen LogP contribution in [0, 0.1) is 6.92 Å². The molecule has 0 bridgehead atoms. The second-order valence-electron chi connectivity index (χ2n) is 5.14. The number of aromatic nitrogens is 1. The van der Waals surface area contributed by atoms with Crippen molar-refractivity contribution in [3.05, 3.63) is 23.5 Å². The van der Waals surface area contributed by atoms with Crippen LogP contribution in [0.4, 0.5) is 5.69 Å². The molecule has 0 unspecified atom stereocenters. The molecule has 0 saturated heterocycles. The molecule has 0 aliphatic heterocycles. The van der Waals surface area contributed by atoms with Crippen molar-refractivity contribution in [2.45, 2.75) is 46.7 Å². The highest BCUT2D eigenvalue weighted by Gasteiger charge is 2.12. The van der Waals surface area contributed by atoms with Gasteiger partial charge in [0.1, 0.15) is 0 Å². The largest absolute Gasteiger partial charge is 0.380 e. The second kappa shape index (κ2) is 5.30. The zero-order valence-electron chi connectivity index (χ0n) is 11.0. The second-order valence-corrected chi connectivity index (χ2v) is 5.14. The molecule has 3 heteroatoms. The summed E-state index contributed by atoms with van der Waals surface area (Å²) in [6.07, 6.45) is 1.95. The van der Waals surface area contributed by atoms with Crippen LogP contribution in [-0.4, -0.2) is 17.1 Å². The molecule has 3 nitrogen and oxygen atoms in total. The van der Waals surface area contributed by atoms with Crippen LogP contribution < -0.4 is 10.6 Å². The monoisotopic (exact) mass is 221 g/mol. The number of pyridine rings is 1. The number of rotatable bonds is 4. The summed E-state index contributed by atoms with van der Waals surface area (Å²) >= 11 is 0. The van der Waals surface area contributed by atoms with Gasteiger partial charge >= 0.3 is 0 Å². The van der Waals surface area contributed by atoms with Gasteiger partial charge in [-0.2, -0.15) is 0 Å². The quantitative estimate of drug-likeness (QED) is 0.821. The van der Waals surface area contributed by atoms with E-state index in [9.17, 15) is 0 Å². The zero-order valence-corrected chi connectivity index (χ0v) is 11.0. The predicted octanol–water partition coefficient (Wildman–Crippen LogP) is 2.71. The molecular weight excluding hydrogens is 198 g/mol. The molecule has 16 heavy (non-hydrogen) atoms. The molecule has 90 valence electrons. The third-order valence-corrected chi connectivity index (χ3v) is 2.20. The van der Waals surface area contributed by atoms with Crippen LogP contribution in [0.1, 0.15) is 39.0 Å². The van der Waals surface area contributed by atoms with E-state index in [1.165, 1.54) is 11.3 Å². The summed E-state index contributed by atoms with van der Waals surface area (Å²) in [5.41, 5.74) is 3.53. The molecule has 0 aromatic carbocycles. The fourth-order valence-corrected chi connectivity index (χ4v) is 1.51. The molecule has 1 aromatic heterocycles. The highest BCUT2D eigenvalue weighted by molar-refractivity contribution is 5.52. The van der Waals surface area contributed by atoms with E-state index in [-0.39, 0.29) is 5.54 Å². The Morgan fingerprint density at radius 2 is 2.00 bits per heavy atom. The summed E-state index contributed by atoms with van der Waals surface area (Å²) < 4.78 is 0. The average Bonchev–Trinajstić information content (AvgIpc) is 2.14. The third kappa shape index (κ3) is 4.19. The van der Waals surface area contributed by atoms with Crippen molar-refractivity contribution in [2.75, 3.05) is 11.9 Å². The van der Waals surface area contributed by atoms with E-state index in [2.05, 4.69) is 49.4 Å². The summed E-state index contributed by atoms with van der Waals surface area (Å²) in [6.45, 7) is 12.5. The molecule has 2 N–H and O–H groups in total. The van der Waals surface area contributed by atoms with Gasteiger partial charge in [-0.05, 0) is 40.3 Å². The van der Waals surface area contributed by atoms with Gasteiger partial charge in [-0.3, -0.25) is 4.98 Å².